The Balaban J connectivity index is 2.77. The molecular formula is C13H26N6O. The Morgan fingerprint density at radius 3 is 2.30 bits per heavy atom. The van der Waals surface area contributed by atoms with E-state index in [4.69, 9.17) is 0 Å². The van der Waals surface area contributed by atoms with Crippen molar-refractivity contribution in [1.29, 1.82) is 0 Å². The Morgan fingerprint density at radius 1 is 1.10 bits per heavy atom. The summed E-state index contributed by atoms with van der Waals surface area (Å²) in [4.78, 5) is 15.1. The molecule has 0 aliphatic heterocycles. The van der Waals surface area contributed by atoms with Gasteiger partial charge in [0, 0.05) is 26.7 Å². The molecule has 1 heterocycles. The van der Waals surface area contributed by atoms with Crippen LogP contribution in [0.2, 0.25) is 0 Å². The minimum atomic E-state index is -0.282. The second-order valence-electron chi connectivity index (χ2n) is 4.48. The Kier molecular flexibility index (Phi) is 7.00. The van der Waals surface area contributed by atoms with Gasteiger partial charge in [-0.1, -0.05) is 6.92 Å². The van der Waals surface area contributed by atoms with Crippen molar-refractivity contribution in [3.63, 3.8) is 0 Å². The van der Waals surface area contributed by atoms with Gasteiger partial charge in [0.2, 0.25) is 17.8 Å². The van der Waals surface area contributed by atoms with Crippen molar-refractivity contribution in [3.05, 3.63) is 0 Å². The molecule has 0 spiro atoms. The molecule has 0 bridgehead atoms. The molecule has 0 aliphatic carbocycles. The van der Waals surface area contributed by atoms with Crippen LogP contribution in [0, 0.1) is 0 Å². The van der Waals surface area contributed by atoms with E-state index in [0.717, 1.165) is 19.5 Å². The molecule has 1 aromatic rings. The van der Waals surface area contributed by atoms with Gasteiger partial charge in [0.15, 0.2) is 0 Å². The van der Waals surface area contributed by atoms with E-state index in [1.807, 2.05) is 6.92 Å². The Labute approximate surface area is 120 Å². The van der Waals surface area contributed by atoms with Gasteiger partial charge in [0.1, 0.15) is 0 Å². The van der Waals surface area contributed by atoms with E-state index in [9.17, 15) is 5.11 Å². The fraction of sp³-hybridized carbons (Fsp3) is 0.769. The zero-order valence-corrected chi connectivity index (χ0v) is 12.8. The highest BCUT2D eigenvalue weighted by Crippen LogP contribution is 2.13. The number of nitrogens with one attached hydrogen (secondary N) is 2. The SMILES string of the molecule is CCC(O)CCNc1nc(NC)nc(N(CC)CC)n1. The normalized spacial score (nSPS) is 12.1. The standard InChI is InChI=1S/C13H26N6O/c1-5-10(20)8-9-15-12-16-11(14-4)17-13(18-12)19(6-2)7-3/h10,20H,5-9H2,1-4H3,(H2,14,15,16,17,18). The molecule has 114 valence electrons. The number of hydrogen-bond donors (Lipinski definition) is 3. The number of nitrogens with zero attached hydrogens (tertiary/aromatic N) is 4. The lowest BCUT2D eigenvalue weighted by molar-refractivity contribution is 0.164. The van der Waals surface area contributed by atoms with Crippen molar-refractivity contribution in [1.82, 2.24) is 15.0 Å². The van der Waals surface area contributed by atoms with E-state index in [2.05, 4.69) is 44.3 Å². The molecule has 1 atom stereocenters. The zero-order valence-electron chi connectivity index (χ0n) is 12.8. The van der Waals surface area contributed by atoms with Gasteiger partial charge < -0.3 is 20.6 Å². The smallest absolute Gasteiger partial charge is 0.231 e. The van der Waals surface area contributed by atoms with Gasteiger partial charge in [-0.3, -0.25) is 0 Å². The summed E-state index contributed by atoms with van der Waals surface area (Å²) in [7, 11) is 1.78. The fourth-order valence-corrected chi connectivity index (χ4v) is 1.76. The van der Waals surface area contributed by atoms with E-state index < -0.39 is 0 Å². The highest BCUT2D eigenvalue weighted by atomic mass is 16.3. The molecule has 1 rings (SSSR count). The number of aliphatic hydroxyl groups is 1. The lowest BCUT2D eigenvalue weighted by Gasteiger charge is -2.19. The van der Waals surface area contributed by atoms with Crippen LogP contribution >= 0.6 is 0 Å². The van der Waals surface area contributed by atoms with Gasteiger partial charge in [-0.05, 0) is 26.7 Å². The fourth-order valence-electron chi connectivity index (χ4n) is 1.76. The number of hydrogen-bond acceptors (Lipinski definition) is 7. The maximum Gasteiger partial charge on any atom is 0.231 e. The van der Waals surface area contributed by atoms with Crippen LogP contribution in [0.25, 0.3) is 0 Å². The molecular weight excluding hydrogens is 256 g/mol. The summed E-state index contributed by atoms with van der Waals surface area (Å²) in [6.45, 7) is 8.43. The summed E-state index contributed by atoms with van der Waals surface area (Å²) in [6, 6.07) is 0. The van der Waals surface area contributed by atoms with Gasteiger partial charge in [-0.15, -0.1) is 0 Å². The van der Waals surface area contributed by atoms with Crippen LogP contribution < -0.4 is 15.5 Å². The molecule has 0 aliphatic rings. The van der Waals surface area contributed by atoms with Crippen LogP contribution in [0.5, 0.6) is 0 Å². The predicted octanol–water partition coefficient (Wildman–Crippen LogP) is 1.33. The van der Waals surface area contributed by atoms with Crippen LogP contribution in [0.4, 0.5) is 17.8 Å². The van der Waals surface area contributed by atoms with E-state index in [1.165, 1.54) is 0 Å². The molecule has 20 heavy (non-hydrogen) atoms. The third-order valence-electron chi connectivity index (χ3n) is 3.13. The molecule has 7 heteroatoms. The van der Waals surface area contributed by atoms with E-state index >= 15 is 0 Å². The highest BCUT2D eigenvalue weighted by molar-refractivity contribution is 5.43. The molecule has 7 nitrogen and oxygen atoms in total. The average molecular weight is 282 g/mol. The molecule has 0 amide bonds. The summed E-state index contributed by atoms with van der Waals surface area (Å²) in [5.74, 6) is 1.74. The van der Waals surface area contributed by atoms with Crippen LogP contribution in [0.1, 0.15) is 33.6 Å². The number of aromatic nitrogens is 3. The Bertz CT molecular complexity index is 396. The van der Waals surface area contributed by atoms with Crippen molar-refractivity contribution in [2.45, 2.75) is 39.7 Å². The van der Waals surface area contributed by atoms with Crippen molar-refractivity contribution < 1.29 is 5.11 Å². The van der Waals surface area contributed by atoms with Gasteiger partial charge in [-0.25, -0.2) is 0 Å². The largest absolute Gasteiger partial charge is 0.393 e. The van der Waals surface area contributed by atoms with Crippen LogP contribution in [0.3, 0.4) is 0 Å². The van der Waals surface area contributed by atoms with Gasteiger partial charge in [0.05, 0.1) is 6.10 Å². The minimum Gasteiger partial charge on any atom is -0.393 e. The maximum absolute atomic E-state index is 9.54. The monoisotopic (exact) mass is 282 g/mol. The first-order valence-corrected chi connectivity index (χ1v) is 7.25. The van der Waals surface area contributed by atoms with Crippen LogP contribution in [-0.2, 0) is 0 Å². The minimum absolute atomic E-state index is 0.282. The summed E-state index contributed by atoms with van der Waals surface area (Å²) in [5, 5.41) is 15.6. The van der Waals surface area contributed by atoms with Crippen molar-refractivity contribution in [2.24, 2.45) is 0 Å². The zero-order chi connectivity index (χ0) is 15.0. The molecule has 0 aromatic carbocycles. The van der Waals surface area contributed by atoms with Gasteiger partial charge in [0.25, 0.3) is 0 Å². The summed E-state index contributed by atoms with van der Waals surface area (Å²) >= 11 is 0. The predicted molar refractivity (Wildman–Crippen MR) is 82.3 cm³/mol. The lowest BCUT2D eigenvalue weighted by atomic mass is 10.2. The van der Waals surface area contributed by atoms with Gasteiger partial charge >= 0.3 is 0 Å². The Hall–Kier alpha value is -1.63. The quantitative estimate of drug-likeness (QED) is 0.630. The average Bonchev–Trinajstić information content (AvgIpc) is 2.48. The first-order chi connectivity index (χ1) is 9.64. The number of rotatable bonds is 9. The van der Waals surface area contributed by atoms with Gasteiger partial charge in [-0.2, -0.15) is 15.0 Å². The van der Waals surface area contributed by atoms with E-state index in [1.54, 1.807) is 7.05 Å². The summed E-state index contributed by atoms with van der Waals surface area (Å²) < 4.78 is 0. The van der Waals surface area contributed by atoms with Crippen molar-refractivity contribution >= 4 is 17.8 Å². The third kappa shape index (κ3) is 4.80. The first kappa shape index (κ1) is 16.4. The molecule has 0 fully saturated rings. The molecule has 0 saturated carbocycles. The molecule has 1 aromatic heterocycles. The third-order valence-corrected chi connectivity index (χ3v) is 3.13. The number of anilines is 3. The maximum atomic E-state index is 9.54. The van der Waals surface area contributed by atoms with E-state index in [0.29, 0.717) is 30.8 Å². The topological polar surface area (TPSA) is 86.2 Å². The highest BCUT2D eigenvalue weighted by Gasteiger charge is 2.10. The van der Waals surface area contributed by atoms with Crippen molar-refractivity contribution in [2.75, 3.05) is 42.2 Å². The van der Waals surface area contributed by atoms with Crippen LogP contribution in [0.15, 0.2) is 0 Å². The summed E-state index contributed by atoms with van der Waals surface area (Å²) in [5.41, 5.74) is 0. The molecule has 3 N–H and O–H groups in total. The first-order valence-electron chi connectivity index (χ1n) is 7.25. The summed E-state index contributed by atoms with van der Waals surface area (Å²) in [6.07, 6.45) is 1.15. The Morgan fingerprint density at radius 2 is 1.75 bits per heavy atom. The lowest BCUT2D eigenvalue weighted by Crippen LogP contribution is -2.25. The molecule has 1 unspecified atom stereocenters. The second-order valence-corrected chi connectivity index (χ2v) is 4.48. The number of aliphatic hydroxyl groups excluding tert-OH is 1. The second kappa shape index (κ2) is 8.52. The van der Waals surface area contributed by atoms with E-state index in [-0.39, 0.29) is 6.10 Å². The molecule has 0 radical (unpaired) electrons. The van der Waals surface area contributed by atoms with Crippen molar-refractivity contribution in [3.8, 4) is 0 Å². The molecule has 0 saturated heterocycles. The van der Waals surface area contributed by atoms with Crippen LogP contribution in [-0.4, -0.2) is 52.8 Å².